The smallest absolute Gasteiger partial charge is 0.326 e. The second kappa shape index (κ2) is 5.86. The van der Waals surface area contributed by atoms with Crippen LogP contribution in [0.25, 0.3) is 0 Å². The number of hydrogen-bond donors (Lipinski definition) is 2. The van der Waals surface area contributed by atoms with Gasteiger partial charge in [-0.3, -0.25) is 0 Å². The molecule has 0 radical (unpaired) electrons. The highest BCUT2D eigenvalue weighted by Gasteiger charge is 2.28. The molecule has 2 N–H and O–H groups in total. The van der Waals surface area contributed by atoms with Crippen LogP contribution >= 0.6 is 0 Å². The van der Waals surface area contributed by atoms with Crippen molar-refractivity contribution in [3.8, 4) is 0 Å². The van der Waals surface area contributed by atoms with Gasteiger partial charge in [0.2, 0.25) is 0 Å². The fourth-order valence-corrected chi connectivity index (χ4v) is 1.74. The third kappa shape index (κ3) is 3.59. The van der Waals surface area contributed by atoms with Crippen molar-refractivity contribution < 1.29 is 19.4 Å². The third-order valence-electron chi connectivity index (χ3n) is 2.99. The molecule has 1 aliphatic rings. The maximum Gasteiger partial charge on any atom is 0.326 e. The first kappa shape index (κ1) is 13.8. The fraction of sp³-hybridized carbons (Fsp3) is 0.818. The molecular weight excluding hydrogens is 224 g/mol. The normalized spacial score (nSPS) is 21.3. The van der Waals surface area contributed by atoms with Crippen LogP contribution in [-0.4, -0.2) is 54.4 Å². The zero-order valence-corrected chi connectivity index (χ0v) is 10.5. The first-order chi connectivity index (χ1) is 7.93. The largest absolute Gasteiger partial charge is 0.480 e. The van der Waals surface area contributed by atoms with Gasteiger partial charge in [0.05, 0.1) is 12.6 Å². The van der Waals surface area contributed by atoms with Crippen LogP contribution < -0.4 is 5.32 Å². The Kier molecular flexibility index (Phi) is 4.74. The number of aliphatic carboxylic acids is 1. The van der Waals surface area contributed by atoms with Gasteiger partial charge < -0.3 is 20.1 Å². The highest BCUT2D eigenvalue weighted by atomic mass is 16.5. The molecule has 6 nitrogen and oxygen atoms in total. The average molecular weight is 244 g/mol. The molecule has 0 aromatic heterocycles. The average Bonchev–Trinajstić information content (AvgIpc) is 2.76. The van der Waals surface area contributed by atoms with E-state index in [-0.39, 0.29) is 18.0 Å². The molecule has 2 atom stereocenters. The summed E-state index contributed by atoms with van der Waals surface area (Å²) in [5, 5.41) is 11.5. The van der Waals surface area contributed by atoms with Crippen molar-refractivity contribution in [1.82, 2.24) is 10.2 Å². The van der Waals surface area contributed by atoms with Crippen molar-refractivity contribution >= 4 is 12.0 Å². The summed E-state index contributed by atoms with van der Waals surface area (Å²) in [7, 11) is 1.66. The Morgan fingerprint density at radius 3 is 2.53 bits per heavy atom. The van der Waals surface area contributed by atoms with Crippen molar-refractivity contribution in [1.29, 1.82) is 0 Å². The Hall–Kier alpha value is -1.30. The van der Waals surface area contributed by atoms with Crippen molar-refractivity contribution in [2.75, 3.05) is 20.3 Å². The molecule has 1 rings (SSSR count). The van der Waals surface area contributed by atoms with Crippen molar-refractivity contribution in [3.63, 3.8) is 0 Å². The number of hydrogen-bond acceptors (Lipinski definition) is 3. The third-order valence-corrected chi connectivity index (χ3v) is 2.99. The summed E-state index contributed by atoms with van der Waals surface area (Å²) in [6.45, 7) is 4.69. The predicted octanol–water partition coefficient (Wildman–Crippen LogP) is 0.526. The van der Waals surface area contributed by atoms with Crippen LogP contribution in [0, 0.1) is 5.92 Å². The molecule has 0 saturated carbocycles. The Balaban J connectivity index is 2.54. The topological polar surface area (TPSA) is 78.9 Å². The number of ether oxygens (including phenoxy) is 1. The molecule has 17 heavy (non-hydrogen) atoms. The lowest BCUT2D eigenvalue weighted by Gasteiger charge is -2.26. The number of amides is 2. The van der Waals surface area contributed by atoms with E-state index in [1.54, 1.807) is 20.9 Å². The number of carbonyl (C=O) groups excluding carboxylic acids is 1. The number of carboxylic acids is 1. The quantitative estimate of drug-likeness (QED) is 0.756. The molecule has 2 amide bonds. The van der Waals surface area contributed by atoms with E-state index < -0.39 is 12.0 Å². The Morgan fingerprint density at radius 2 is 2.12 bits per heavy atom. The molecule has 2 unspecified atom stereocenters. The van der Waals surface area contributed by atoms with E-state index in [9.17, 15) is 9.59 Å². The molecule has 1 saturated heterocycles. The number of carboxylic acid groups (broad SMARTS) is 1. The molecule has 1 fully saturated rings. The van der Waals surface area contributed by atoms with Gasteiger partial charge >= 0.3 is 12.0 Å². The SMILES string of the molecule is CC(C)C(NC(=O)N(C)C1CCOC1)C(=O)O. The molecule has 0 aromatic rings. The highest BCUT2D eigenvalue weighted by Crippen LogP contribution is 2.11. The second-order valence-corrected chi connectivity index (χ2v) is 4.64. The van der Waals surface area contributed by atoms with Crippen LogP contribution in [0.5, 0.6) is 0 Å². The summed E-state index contributed by atoms with van der Waals surface area (Å²) in [6, 6.07) is -1.18. The van der Waals surface area contributed by atoms with Crippen LogP contribution in [0.3, 0.4) is 0 Å². The number of nitrogens with one attached hydrogen (secondary N) is 1. The van der Waals surface area contributed by atoms with Crippen LogP contribution in [0.15, 0.2) is 0 Å². The standard InChI is InChI=1S/C11H20N2O4/c1-7(2)9(10(14)15)12-11(16)13(3)8-4-5-17-6-8/h7-9H,4-6H2,1-3H3,(H,12,16)(H,14,15). The van der Waals surface area contributed by atoms with Crippen LogP contribution in [0.2, 0.25) is 0 Å². The monoisotopic (exact) mass is 244 g/mol. The van der Waals surface area contributed by atoms with Crippen LogP contribution in [-0.2, 0) is 9.53 Å². The Labute approximate surface area is 101 Å². The van der Waals surface area contributed by atoms with Gasteiger partial charge in [-0.05, 0) is 12.3 Å². The van der Waals surface area contributed by atoms with E-state index in [4.69, 9.17) is 9.84 Å². The van der Waals surface area contributed by atoms with Crippen LogP contribution in [0.1, 0.15) is 20.3 Å². The Bertz CT molecular complexity index is 287. The minimum absolute atomic E-state index is 0.0385. The van der Waals surface area contributed by atoms with E-state index in [1.807, 2.05) is 0 Å². The summed E-state index contributed by atoms with van der Waals surface area (Å²) in [6.07, 6.45) is 0.795. The first-order valence-electron chi connectivity index (χ1n) is 5.77. The number of carbonyl (C=O) groups is 2. The van der Waals surface area contributed by atoms with Gasteiger partial charge in [0, 0.05) is 13.7 Å². The molecule has 98 valence electrons. The molecule has 6 heteroatoms. The van der Waals surface area contributed by atoms with Crippen LogP contribution in [0.4, 0.5) is 4.79 Å². The minimum Gasteiger partial charge on any atom is -0.480 e. The van der Waals surface area contributed by atoms with Crippen molar-refractivity contribution in [2.45, 2.75) is 32.4 Å². The van der Waals surface area contributed by atoms with Gasteiger partial charge in [-0.2, -0.15) is 0 Å². The first-order valence-corrected chi connectivity index (χ1v) is 5.77. The number of urea groups is 1. The van der Waals surface area contributed by atoms with E-state index in [2.05, 4.69) is 5.32 Å². The number of likely N-dealkylation sites (N-methyl/N-ethyl adjacent to an activating group) is 1. The van der Waals surface area contributed by atoms with Gasteiger partial charge in [-0.25, -0.2) is 9.59 Å². The van der Waals surface area contributed by atoms with Gasteiger partial charge in [-0.15, -0.1) is 0 Å². The molecule has 0 aliphatic carbocycles. The summed E-state index contributed by atoms with van der Waals surface area (Å²) >= 11 is 0. The second-order valence-electron chi connectivity index (χ2n) is 4.64. The lowest BCUT2D eigenvalue weighted by molar-refractivity contribution is -0.140. The summed E-state index contributed by atoms with van der Waals surface area (Å²) in [5.74, 6) is -1.16. The zero-order valence-electron chi connectivity index (χ0n) is 10.5. The summed E-state index contributed by atoms with van der Waals surface area (Å²) in [4.78, 5) is 24.3. The summed E-state index contributed by atoms with van der Waals surface area (Å²) < 4.78 is 5.19. The van der Waals surface area contributed by atoms with E-state index in [0.29, 0.717) is 13.2 Å². The lowest BCUT2D eigenvalue weighted by atomic mass is 10.1. The van der Waals surface area contributed by atoms with Crippen molar-refractivity contribution in [2.24, 2.45) is 5.92 Å². The molecule has 0 spiro atoms. The number of rotatable bonds is 4. The predicted molar refractivity (Wildman–Crippen MR) is 61.8 cm³/mol. The van der Waals surface area contributed by atoms with E-state index in [0.717, 1.165) is 6.42 Å². The van der Waals surface area contributed by atoms with E-state index >= 15 is 0 Å². The summed E-state index contributed by atoms with van der Waals surface area (Å²) in [5.41, 5.74) is 0. The molecule has 0 bridgehead atoms. The zero-order chi connectivity index (χ0) is 13.0. The minimum atomic E-state index is -1.01. The molecule has 0 aromatic carbocycles. The maximum absolute atomic E-state index is 11.8. The highest BCUT2D eigenvalue weighted by molar-refractivity contribution is 5.82. The van der Waals surface area contributed by atoms with Gasteiger partial charge in [0.15, 0.2) is 0 Å². The molecule has 1 heterocycles. The Morgan fingerprint density at radius 1 is 1.47 bits per heavy atom. The number of nitrogens with zero attached hydrogens (tertiary/aromatic N) is 1. The van der Waals surface area contributed by atoms with Crippen molar-refractivity contribution in [3.05, 3.63) is 0 Å². The van der Waals surface area contributed by atoms with E-state index in [1.165, 1.54) is 4.90 Å². The lowest BCUT2D eigenvalue weighted by Crippen LogP contribution is -2.51. The van der Waals surface area contributed by atoms with Gasteiger partial charge in [0.1, 0.15) is 6.04 Å². The van der Waals surface area contributed by atoms with Gasteiger partial charge in [-0.1, -0.05) is 13.8 Å². The fourth-order valence-electron chi connectivity index (χ4n) is 1.74. The molecule has 1 aliphatic heterocycles. The molecular formula is C11H20N2O4. The maximum atomic E-state index is 11.8. The van der Waals surface area contributed by atoms with Gasteiger partial charge in [0.25, 0.3) is 0 Å².